The van der Waals surface area contributed by atoms with Gasteiger partial charge < -0.3 is 15.4 Å². The molecule has 0 bridgehead atoms. The molecule has 0 aromatic heterocycles. The molecule has 0 radical (unpaired) electrons. The van der Waals surface area contributed by atoms with Crippen LogP contribution in [0.4, 0.5) is 14.5 Å². The SMILES string of the molecule is O=C1CNC(C(=O)Nc2ccc(OC(F)F)c(Cl)c2)CN1. The first kappa shape index (κ1) is 15.5. The third-order valence-corrected chi connectivity index (χ3v) is 3.04. The molecule has 9 heteroatoms. The van der Waals surface area contributed by atoms with Crippen molar-refractivity contribution in [2.24, 2.45) is 0 Å². The Morgan fingerprint density at radius 2 is 2.24 bits per heavy atom. The van der Waals surface area contributed by atoms with E-state index in [1.807, 2.05) is 0 Å². The maximum absolute atomic E-state index is 12.1. The number of hydrogen-bond donors (Lipinski definition) is 3. The van der Waals surface area contributed by atoms with Crippen LogP contribution in [0.15, 0.2) is 18.2 Å². The largest absolute Gasteiger partial charge is 0.433 e. The molecule has 0 spiro atoms. The van der Waals surface area contributed by atoms with Gasteiger partial charge in [-0.05, 0) is 18.2 Å². The van der Waals surface area contributed by atoms with E-state index in [0.29, 0.717) is 5.69 Å². The van der Waals surface area contributed by atoms with Crippen LogP contribution in [0.1, 0.15) is 0 Å². The van der Waals surface area contributed by atoms with Crippen molar-refractivity contribution in [1.29, 1.82) is 0 Å². The van der Waals surface area contributed by atoms with Gasteiger partial charge in [0.2, 0.25) is 11.8 Å². The highest BCUT2D eigenvalue weighted by molar-refractivity contribution is 6.32. The standard InChI is InChI=1S/C12H12ClF2N3O3/c13-7-3-6(1-2-9(7)21-12(14)15)18-11(20)8-4-17-10(19)5-16-8/h1-3,8,12,16H,4-5H2,(H,17,19)(H,18,20). The highest BCUT2D eigenvalue weighted by atomic mass is 35.5. The predicted molar refractivity (Wildman–Crippen MR) is 71.5 cm³/mol. The second kappa shape index (κ2) is 6.68. The third kappa shape index (κ3) is 4.27. The van der Waals surface area contributed by atoms with Gasteiger partial charge in [0.25, 0.3) is 0 Å². The summed E-state index contributed by atoms with van der Waals surface area (Å²) in [5.41, 5.74) is 0.338. The fourth-order valence-corrected chi connectivity index (χ4v) is 1.98. The number of rotatable bonds is 4. The molecule has 1 aromatic rings. The summed E-state index contributed by atoms with van der Waals surface area (Å²) in [6.45, 7) is -2.75. The fraction of sp³-hybridized carbons (Fsp3) is 0.333. The average molecular weight is 320 g/mol. The van der Waals surface area contributed by atoms with E-state index in [9.17, 15) is 18.4 Å². The number of ether oxygens (including phenoxy) is 1. The fourth-order valence-electron chi connectivity index (χ4n) is 1.75. The van der Waals surface area contributed by atoms with Crippen LogP contribution in [0.2, 0.25) is 5.02 Å². The monoisotopic (exact) mass is 319 g/mol. The lowest BCUT2D eigenvalue weighted by molar-refractivity contribution is -0.124. The topological polar surface area (TPSA) is 79.5 Å². The lowest BCUT2D eigenvalue weighted by Gasteiger charge is -2.23. The minimum Gasteiger partial charge on any atom is -0.433 e. The molecule has 1 saturated heterocycles. The summed E-state index contributed by atoms with van der Waals surface area (Å²) in [5, 5.41) is 7.83. The molecular formula is C12H12ClF2N3O3. The second-order valence-corrected chi connectivity index (χ2v) is 4.66. The van der Waals surface area contributed by atoms with Gasteiger partial charge in [0.1, 0.15) is 11.8 Å². The quantitative estimate of drug-likeness (QED) is 0.772. The Morgan fingerprint density at radius 1 is 1.48 bits per heavy atom. The van der Waals surface area contributed by atoms with Gasteiger partial charge >= 0.3 is 6.61 Å². The van der Waals surface area contributed by atoms with E-state index in [1.54, 1.807) is 0 Å². The molecule has 1 aliphatic rings. The molecule has 6 nitrogen and oxygen atoms in total. The van der Waals surface area contributed by atoms with Crippen molar-refractivity contribution in [3.05, 3.63) is 23.2 Å². The van der Waals surface area contributed by atoms with Gasteiger partial charge in [-0.25, -0.2) is 0 Å². The highest BCUT2D eigenvalue weighted by Gasteiger charge is 2.23. The van der Waals surface area contributed by atoms with Gasteiger partial charge in [0.05, 0.1) is 11.6 Å². The van der Waals surface area contributed by atoms with Gasteiger partial charge in [-0.3, -0.25) is 14.9 Å². The molecule has 1 aromatic carbocycles. The molecule has 1 heterocycles. The first-order chi connectivity index (χ1) is 9.95. The molecule has 1 atom stereocenters. The molecule has 21 heavy (non-hydrogen) atoms. The van der Waals surface area contributed by atoms with Crippen molar-refractivity contribution in [3.8, 4) is 5.75 Å². The van der Waals surface area contributed by atoms with E-state index >= 15 is 0 Å². The van der Waals surface area contributed by atoms with Gasteiger partial charge in [0, 0.05) is 12.2 Å². The van der Waals surface area contributed by atoms with Crippen molar-refractivity contribution in [3.63, 3.8) is 0 Å². The Balaban J connectivity index is 1.98. The Kier molecular flexibility index (Phi) is 4.92. The summed E-state index contributed by atoms with van der Waals surface area (Å²) < 4.78 is 28.4. The number of piperazine rings is 1. The summed E-state index contributed by atoms with van der Waals surface area (Å²) >= 11 is 5.78. The zero-order valence-electron chi connectivity index (χ0n) is 10.7. The Hall–Kier alpha value is -1.93. The van der Waals surface area contributed by atoms with Crippen molar-refractivity contribution in [2.75, 3.05) is 18.4 Å². The van der Waals surface area contributed by atoms with E-state index in [-0.39, 0.29) is 35.7 Å². The van der Waals surface area contributed by atoms with Crippen LogP contribution in [-0.2, 0) is 9.59 Å². The number of nitrogens with one attached hydrogen (secondary N) is 3. The number of carbonyl (C=O) groups excluding carboxylic acids is 2. The highest BCUT2D eigenvalue weighted by Crippen LogP contribution is 2.28. The van der Waals surface area contributed by atoms with E-state index in [1.165, 1.54) is 18.2 Å². The van der Waals surface area contributed by atoms with Crippen molar-refractivity contribution >= 4 is 29.1 Å². The van der Waals surface area contributed by atoms with Crippen molar-refractivity contribution < 1.29 is 23.1 Å². The number of anilines is 1. The minimum absolute atomic E-state index is 0.0435. The van der Waals surface area contributed by atoms with Crippen LogP contribution in [0, 0.1) is 0 Å². The molecule has 1 unspecified atom stereocenters. The molecule has 2 rings (SSSR count). The Labute approximate surface area is 123 Å². The second-order valence-electron chi connectivity index (χ2n) is 4.25. The molecule has 2 amide bonds. The van der Waals surface area contributed by atoms with Crippen LogP contribution in [0.25, 0.3) is 0 Å². The van der Waals surface area contributed by atoms with E-state index in [2.05, 4.69) is 20.7 Å². The zero-order valence-corrected chi connectivity index (χ0v) is 11.4. The van der Waals surface area contributed by atoms with Crippen LogP contribution in [0.5, 0.6) is 5.75 Å². The number of amides is 2. The first-order valence-electron chi connectivity index (χ1n) is 6.01. The number of benzene rings is 1. The van der Waals surface area contributed by atoms with Gasteiger partial charge in [-0.2, -0.15) is 8.78 Å². The van der Waals surface area contributed by atoms with E-state index in [4.69, 9.17) is 11.6 Å². The maximum Gasteiger partial charge on any atom is 0.387 e. The van der Waals surface area contributed by atoms with Gasteiger partial charge in [-0.1, -0.05) is 11.6 Å². The molecule has 1 aliphatic heterocycles. The first-order valence-corrected chi connectivity index (χ1v) is 6.39. The van der Waals surface area contributed by atoms with Crippen LogP contribution in [0.3, 0.4) is 0 Å². The molecule has 114 valence electrons. The molecule has 0 aliphatic carbocycles. The molecular weight excluding hydrogens is 308 g/mol. The van der Waals surface area contributed by atoms with Gasteiger partial charge in [0.15, 0.2) is 0 Å². The zero-order chi connectivity index (χ0) is 15.4. The smallest absolute Gasteiger partial charge is 0.387 e. The molecule has 3 N–H and O–H groups in total. The molecule has 0 saturated carbocycles. The summed E-state index contributed by atoms with van der Waals surface area (Å²) in [5.74, 6) is -0.725. The van der Waals surface area contributed by atoms with E-state index < -0.39 is 12.7 Å². The maximum atomic E-state index is 12.1. The number of halogens is 3. The van der Waals surface area contributed by atoms with E-state index in [0.717, 1.165) is 0 Å². The Morgan fingerprint density at radius 3 is 2.81 bits per heavy atom. The Bertz CT molecular complexity index is 547. The average Bonchev–Trinajstić information content (AvgIpc) is 2.42. The van der Waals surface area contributed by atoms with Crippen LogP contribution in [-0.4, -0.2) is 37.6 Å². The van der Waals surface area contributed by atoms with Crippen LogP contribution >= 0.6 is 11.6 Å². The third-order valence-electron chi connectivity index (χ3n) is 2.74. The summed E-state index contributed by atoms with van der Waals surface area (Å²) in [7, 11) is 0. The summed E-state index contributed by atoms with van der Waals surface area (Å²) in [6.07, 6.45) is 0. The van der Waals surface area contributed by atoms with Crippen LogP contribution < -0.4 is 20.7 Å². The summed E-state index contributed by atoms with van der Waals surface area (Å²) in [6, 6.07) is 3.36. The molecule has 1 fully saturated rings. The predicted octanol–water partition coefficient (Wildman–Crippen LogP) is 0.968. The minimum atomic E-state index is -2.97. The summed E-state index contributed by atoms with van der Waals surface area (Å²) in [4.78, 5) is 22.9. The van der Waals surface area contributed by atoms with Crippen molar-refractivity contribution in [1.82, 2.24) is 10.6 Å². The lowest BCUT2D eigenvalue weighted by Crippen LogP contribution is -2.56. The normalized spacial score (nSPS) is 18.3. The number of hydrogen-bond acceptors (Lipinski definition) is 4. The number of carbonyl (C=O) groups is 2. The van der Waals surface area contributed by atoms with Gasteiger partial charge in [-0.15, -0.1) is 0 Å². The number of alkyl halides is 2. The lowest BCUT2D eigenvalue weighted by atomic mass is 10.2. The van der Waals surface area contributed by atoms with Crippen molar-refractivity contribution in [2.45, 2.75) is 12.7 Å².